The highest BCUT2D eigenvalue weighted by atomic mass is 32.1. The van der Waals surface area contributed by atoms with Gasteiger partial charge in [-0.15, -0.1) is 11.3 Å². The van der Waals surface area contributed by atoms with Crippen LogP contribution in [0.2, 0.25) is 0 Å². The highest BCUT2D eigenvalue weighted by molar-refractivity contribution is 7.11. The van der Waals surface area contributed by atoms with Crippen molar-refractivity contribution in [1.29, 1.82) is 0 Å². The minimum atomic E-state index is -0.251. The van der Waals surface area contributed by atoms with E-state index in [1.807, 2.05) is 48.7 Å². The van der Waals surface area contributed by atoms with Gasteiger partial charge in [-0.2, -0.15) is 0 Å². The zero-order valence-electron chi connectivity index (χ0n) is 11.5. The summed E-state index contributed by atoms with van der Waals surface area (Å²) in [4.78, 5) is 24.7. The molecule has 0 unspecified atom stereocenters. The first-order valence-corrected chi connectivity index (χ1v) is 7.46. The first kappa shape index (κ1) is 13.6. The Morgan fingerprint density at radius 3 is 2.52 bits per heavy atom. The van der Waals surface area contributed by atoms with Crippen molar-refractivity contribution < 1.29 is 9.59 Å². The number of rotatable bonds is 2. The Morgan fingerprint density at radius 2 is 1.86 bits per heavy atom. The minimum Gasteiger partial charge on any atom is -0.273 e. The summed E-state index contributed by atoms with van der Waals surface area (Å²) < 4.78 is 0. The lowest BCUT2D eigenvalue weighted by atomic mass is 9.94. The molecule has 21 heavy (non-hydrogen) atoms. The summed E-state index contributed by atoms with van der Waals surface area (Å²) in [6.45, 7) is 2.02. The zero-order chi connectivity index (χ0) is 14.8. The van der Waals surface area contributed by atoms with Crippen LogP contribution in [0.15, 0.2) is 47.4 Å². The molecule has 1 aliphatic heterocycles. The second-order valence-corrected chi connectivity index (χ2v) is 5.82. The molecule has 1 aromatic heterocycles. The molecular weight excluding hydrogens is 284 g/mol. The summed E-state index contributed by atoms with van der Waals surface area (Å²) >= 11 is 1.56. The second-order valence-electron chi connectivity index (χ2n) is 4.88. The van der Waals surface area contributed by atoms with Crippen LogP contribution in [0.5, 0.6) is 0 Å². The molecule has 106 valence electrons. The van der Waals surface area contributed by atoms with Gasteiger partial charge in [-0.25, -0.2) is 0 Å². The van der Waals surface area contributed by atoms with Crippen LogP contribution in [0.3, 0.4) is 0 Å². The average molecular weight is 298 g/mol. The van der Waals surface area contributed by atoms with E-state index in [0.717, 1.165) is 21.6 Å². The fourth-order valence-electron chi connectivity index (χ4n) is 2.30. The van der Waals surface area contributed by atoms with Gasteiger partial charge in [-0.05, 0) is 23.9 Å². The number of hydrazine groups is 1. The molecular formula is C16H14N2O2S. The maximum atomic E-state index is 12.1. The van der Waals surface area contributed by atoms with E-state index < -0.39 is 0 Å². The van der Waals surface area contributed by atoms with Gasteiger partial charge in [0, 0.05) is 16.0 Å². The van der Waals surface area contributed by atoms with Crippen molar-refractivity contribution in [2.24, 2.45) is 0 Å². The number of thiophene rings is 1. The van der Waals surface area contributed by atoms with E-state index in [1.165, 1.54) is 0 Å². The van der Waals surface area contributed by atoms with Gasteiger partial charge < -0.3 is 0 Å². The van der Waals surface area contributed by atoms with Gasteiger partial charge in [0.2, 0.25) is 5.91 Å². The Kier molecular flexibility index (Phi) is 3.58. The fourth-order valence-corrected chi connectivity index (χ4v) is 3.11. The van der Waals surface area contributed by atoms with Crippen molar-refractivity contribution >= 4 is 28.7 Å². The van der Waals surface area contributed by atoms with Crippen molar-refractivity contribution in [2.75, 3.05) is 0 Å². The monoisotopic (exact) mass is 298 g/mol. The molecule has 0 spiro atoms. The fraction of sp³-hybridized carbons (Fsp3) is 0.125. The number of carbonyl (C=O) groups excluding carboxylic acids is 2. The highest BCUT2D eigenvalue weighted by Gasteiger charge is 2.25. The SMILES string of the molecule is Cc1ccc(/C(=C2/CC(=O)NNC2=O)c2cccs2)cc1. The van der Waals surface area contributed by atoms with Crippen molar-refractivity contribution in [3.05, 3.63) is 63.4 Å². The Bertz CT molecular complexity index is 715. The molecule has 4 nitrogen and oxygen atoms in total. The van der Waals surface area contributed by atoms with Crippen LogP contribution in [0.4, 0.5) is 0 Å². The summed E-state index contributed by atoms with van der Waals surface area (Å²) in [7, 11) is 0. The number of amides is 2. The summed E-state index contributed by atoms with van der Waals surface area (Å²) in [5.74, 6) is -0.454. The second kappa shape index (κ2) is 5.54. The van der Waals surface area contributed by atoms with E-state index in [9.17, 15) is 9.59 Å². The standard InChI is InChI=1S/C16H14N2O2S/c1-10-4-6-11(7-5-10)15(13-3-2-8-21-13)12-9-14(19)17-18-16(12)20/h2-8H,9H2,1H3,(H,17,19)(H,18,20)/b15-12+. The molecule has 2 N–H and O–H groups in total. The molecule has 2 heterocycles. The molecule has 0 radical (unpaired) electrons. The van der Waals surface area contributed by atoms with Gasteiger partial charge in [0.05, 0.1) is 6.42 Å². The number of nitrogens with one attached hydrogen (secondary N) is 2. The minimum absolute atomic E-state index is 0.0902. The molecule has 1 aromatic carbocycles. The summed E-state index contributed by atoms with van der Waals surface area (Å²) in [5.41, 5.74) is 8.20. The molecule has 0 atom stereocenters. The number of carbonyl (C=O) groups is 2. The number of aryl methyl sites for hydroxylation is 1. The molecule has 1 aliphatic rings. The Hall–Kier alpha value is -2.40. The third kappa shape index (κ3) is 2.73. The zero-order valence-corrected chi connectivity index (χ0v) is 12.3. The molecule has 0 aliphatic carbocycles. The molecule has 0 saturated carbocycles. The number of benzene rings is 1. The van der Waals surface area contributed by atoms with Gasteiger partial charge in [-0.1, -0.05) is 35.9 Å². The van der Waals surface area contributed by atoms with Gasteiger partial charge in [0.15, 0.2) is 0 Å². The molecule has 1 saturated heterocycles. The molecule has 3 rings (SSSR count). The lowest BCUT2D eigenvalue weighted by molar-refractivity contribution is -0.130. The predicted octanol–water partition coefficient (Wildman–Crippen LogP) is 2.41. The van der Waals surface area contributed by atoms with Gasteiger partial charge >= 0.3 is 0 Å². The van der Waals surface area contributed by atoms with Crippen molar-refractivity contribution in [3.63, 3.8) is 0 Å². The van der Waals surface area contributed by atoms with Crippen LogP contribution < -0.4 is 10.9 Å². The number of hydrogen-bond donors (Lipinski definition) is 2. The van der Waals surface area contributed by atoms with Crippen molar-refractivity contribution in [1.82, 2.24) is 10.9 Å². The Morgan fingerprint density at radius 1 is 1.10 bits per heavy atom. The van der Waals surface area contributed by atoms with Gasteiger partial charge in [0.1, 0.15) is 0 Å². The van der Waals surface area contributed by atoms with Crippen LogP contribution in [0.25, 0.3) is 5.57 Å². The largest absolute Gasteiger partial charge is 0.273 e. The molecule has 2 amide bonds. The average Bonchev–Trinajstić information content (AvgIpc) is 2.99. The highest BCUT2D eigenvalue weighted by Crippen LogP contribution is 2.32. The number of hydrogen-bond acceptors (Lipinski definition) is 3. The molecule has 5 heteroatoms. The van der Waals surface area contributed by atoms with Gasteiger partial charge in [0.25, 0.3) is 5.91 Å². The maximum absolute atomic E-state index is 12.1. The van der Waals surface area contributed by atoms with Crippen LogP contribution in [0.1, 0.15) is 22.4 Å². The summed E-state index contributed by atoms with van der Waals surface area (Å²) in [6, 6.07) is 11.9. The van der Waals surface area contributed by atoms with E-state index in [2.05, 4.69) is 10.9 Å². The van der Waals surface area contributed by atoms with E-state index >= 15 is 0 Å². The lowest BCUT2D eigenvalue weighted by Crippen LogP contribution is -2.47. The van der Waals surface area contributed by atoms with Crippen LogP contribution in [-0.4, -0.2) is 11.8 Å². The topological polar surface area (TPSA) is 58.2 Å². The van der Waals surface area contributed by atoms with Crippen molar-refractivity contribution in [3.8, 4) is 0 Å². The van der Waals surface area contributed by atoms with Crippen LogP contribution in [0, 0.1) is 6.92 Å². The molecule has 0 bridgehead atoms. The third-order valence-corrected chi connectivity index (χ3v) is 4.22. The van der Waals surface area contributed by atoms with E-state index in [4.69, 9.17) is 0 Å². The van der Waals surface area contributed by atoms with Crippen molar-refractivity contribution in [2.45, 2.75) is 13.3 Å². The predicted molar refractivity (Wildman–Crippen MR) is 82.4 cm³/mol. The molecule has 1 fully saturated rings. The summed E-state index contributed by atoms with van der Waals surface area (Å²) in [5, 5.41) is 1.96. The van der Waals surface area contributed by atoms with E-state index in [0.29, 0.717) is 5.57 Å². The van der Waals surface area contributed by atoms with Crippen LogP contribution in [-0.2, 0) is 9.59 Å². The Labute approximate surface area is 126 Å². The van der Waals surface area contributed by atoms with E-state index in [1.54, 1.807) is 11.3 Å². The quantitative estimate of drug-likeness (QED) is 0.837. The first-order valence-electron chi connectivity index (χ1n) is 6.58. The summed E-state index contributed by atoms with van der Waals surface area (Å²) in [6.07, 6.45) is 0.0902. The van der Waals surface area contributed by atoms with Gasteiger partial charge in [-0.3, -0.25) is 20.4 Å². The smallest absolute Gasteiger partial charge is 0.266 e. The Balaban J connectivity index is 2.18. The lowest BCUT2D eigenvalue weighted by Gasteiger charge is -2.19. The third-order valence-electron chi connectivity index (χ3n) is 3.34. The molecule has 2 aromatic rings. The maximum Gasteiger partial charge on any atom is 0.266 e. The van der Waals surface area contributed by atoms with E-state index in [-0.39, 0.29) is 18.2 Å². The van der Waals surface area contributed by atoms with Crippen LogP contribution >= 0.6 is 11.3 Å². The first-order chi connectivity index (χ1) is 10.1. The normalized spacial score (nSPS) is 17.2.